The fraction of sp³-hybridized carbons (Fsp3) is 0.286. The molecular weight excluding hydrogens is 208 g/mol. The third-order valence-electron chi connectivity index (χ3n) is 1.49. The molecular formula is C7H9BrN2O. The summed E-state index contributed by atoms with van der Waals surface area (Å²) in [6.45, 7) is 2.56. The summed E-state index contributed by atoms with van der Waals surface area (Å²) < 4.78 is 1.06. The Bertz CT molecular complexity index is 255. The van der Waals surface area contributed by atoms with E-state index < -0.39 is 5.91 Å². The van der Waals surface area contributed by atoms with Gasteiger partial charge in [-0.1, -0.05) is 15.9 Å². The molecule has 0 aromatic rings. The molecule has 11 heavy (non-hydrogen) atoms. The SMILES string of the molecule is CC1=C(Br)CNC(C(N)=O)=C1. The number of halogens is 1. The fourth-order valence-electron chi connectivity index (χ4n) is 0.816. The summed E-state index contributed by atoms with van der Waals surface area (Å²) in [6.07, 6.45) is 1.73. The molecule has 1 rings (SSSR count). The standard InChI is InChI=1S/C7H9BrN2O/c1-4-2-6(7(9)11)10-3-5(4)8/h2,10H,3H2,1H3,(H2,9,11). The van der Waals surface area contributed by atoms with E-state index in [9.17, 15) is 4.79 Å². The van der Waals surface area contributed by atoms with Gasteiger partial charge in [0.2, 0.25) is 0 Å². The summed E-state index contributed by atoms with van der Waals surface area (Å²) in [4.78, 5) is 10.7. The molecule has 60 valence electrons. The van der Waals surface area contributed by atoms with E-state index in [0.29, 0.717) is 12.2 Å². The predicted octanol–water partition coefficient (Wildman–Crippen LogP) is 0.628. The number of carbonyl (C=O) groups excluding carboxylic acids is 1. The monoisotopic (exact) mass is 216 g/mol. The zero-order valence-corrected chi connectivity index (χ0v) is 7.73. The molecule has 1 aliphatic heterocycles. The molecule has 1 heterocycles. The van der Waals surface area contributed by atoms with Gasteiger partial charge in [-0.3, -0.25) is 4.79 Å². The van der Waals surface area contributed by atoms with Crippen molar-refractivity contribution in [1.29, 1.82) is 0 Å². The Morgan fingerprint density at radius 1 is 1.82 bits per heavy atom. The molecule has 1 amide bonds. The van der Waals surface area contributed by atoms with Gasteiger partial charge < -0.3 is 11.1 Å². The summed E-state index contributed by atoms with van der Waals surface area (Å²) >= 11 is 3.35. The van der Waals surface area contributed by atoms with E-state index in [1.165, 1.54) is 0 Å². The molecule has 0 spiro atoms. The van der Waals surface area contributed by atoms with Crippen LogP contribution in [0.3, 0.4) is 0 Å². The first-order valence-corrected chi connectivity index (χ1v) is 4.01. The van der Waals surface area contributed by atoms with Crippen molar-refractivity contribution in [2.24, 2.45) is 5.73 Å². The number of allylic oxidation sites excluding steroid dienone is 2. The van der Waals surface area contributed by atoms with Crippen molar-refractivity contribution in [1.82, 2.24) is 5.32 Å². The van der Waals surface area contributed by atoms with E-state index in [-0.39, 0.29) is 0 Å². The Labute approximate surface area is 73.5 Å². The van der Waals surface area contributed by atoms with Gasteiger partial charge in [-0.15, -0.1) is 0 Å². The number of amides is 1. The molecule has 0 aromatic heterocycles. The number of hydrogen-bond acceptors (Lipinski definition) is 2. The van der Waals surface area contributed by atoms with Crippen LogP contribution in [0.2, 0.25) is 0 Å². The third kappa shape index (κ3) is 1.83. The number of hydrogen-bond donors (Lipinski definition) is 2. The zero-order chi connectivity index (χ0) is 8.43. The van der Waals surface area contributed by atoms with Crippen LogP contribution in [0.5, 0.6) is 0 Å². The van der Waals surface area contributed by atoms with Gasteiger partial charge in [0, 0.05) is 11.0 Å². The molecule has 0 saturated carbocycles. The van der Waals surface area contributed by atoms with Crippen molar-refractivity contribution in [2.45, 2.75) is 6.92 Å². The van der Waals surface area contributed by atoms with Crippen LogP contribution in [0.15, 0.2) is 21.8 Å². The second-order valence-electron chi connectivity index (χ2n) is 2.36. The second-order valence-corrected chi connectivity index (χ2v) is 3.32. The number of rotatable bonds is 1. The van der Waals surface area contributed by atoms with E-state index in [0.717, 1.165) is 10.1 Å². The van der Waals surface area contributed by atoms with Crippen molar-refractivity contribution in [2.75, 3.05) is 6.54 Å². The highest BCUT2D eigenvalue weighted by atomic mass is 79.9. The van der Waals surface area contributed by atoms with Crippen molar-refractivity contribution in [3.05, 3.63) is 21.8 Å². The van der Waals surface area contributed by atoms with Gasteiger partial charge in [-0.25, -0.2) is 0 Å². The average Bonchev–Trinajstić information content (AvgIpc) is 1.94. The van der Waals surface area contributed by atoms with Crippen LogP contribution >= 0.6 is 15.9 Å². The zero-order valence-electron chi connectivity index (χ0n) is 6.15. The van der Waals surface area contributed by atoms with Crippen molar-refractivity contribution in [3.63, 3.8) is 0 Å². The highest BCUT2D eigenvalue weighted by Crippen LogP contribution is 2.17. The Morgan fingerprint density at radius 3 is 2.91 bits per heavy atom. The smallest absolute Gasteiger partial charge is 0.264 e. The van der Waals surface area contributed by atoms with Crippen molar-refractivity contribution >= 4 is 21.8 Å². The van der Waals surface area contributed by atoms with Crippen molar-refractivity contribution < 1.29 is 4.79 Å². The molecule has 0 radical (unpaired) electrons. The van der Waals surface area contributed by atoms with E-state index in [1.54, 1.807) is 6.08 Å². The normalized spacial score (nSPS) is 17.5. The van der Waals surface area contributed by atoms with Crippen molar-refractivity contribution in [3.8, 4) is 0 Å². The first-order valence-electron chi connectivity index (χ1n) is 3.22. The summed E-state index contributed by atoms with van der Waals surface area (Å²) in [6, 6.07) is 0. The van der Waals surface area contributed by atoms with E-state index in [1.807, 2.05) is 6.92 Å². The summed E-state index contributed by atoms with van der Waals surface area (Å²) in [5.41, 5.74) is 6.58. The number of nitrogens with one attached hydrogen (secondary N) is 1. The molecule has 0 fully saturated rings. The second kappa shape index (κ2) is 3.09. The predicted molar refractivity (Wildman–Crippen MR) is 46.9 cm³/mol. The highest BCUT2D eigenvalue weighted by Gasteiger charge is 2.10. The molecule has 3 N–H and O–H groups in total. The molecule has 0 saturated heterocycles. The maximum absolute atomic E-state index is 10.7. The minimum absolute atomic E-state index is 0.413. The summed E-state index contributed by atoms with van der Waals surface area (Å²) in [5, 5.41) is 2.88. The Kier molecular flexibility index (Phi) is 2.34. The van der Waals surface area contributed by atoms with Crippen LogP contribution in [0.4, 0.5) is 0 Å². The molecule has 0 aliphatic carbocycles. The minimum Gasteiger partial charge on any atom is -0.376 e. The van der Waals surface area contributed by atoms with Crippen LogP contribution < -0.4 is 11.1 Å². The molecule has 0 bridgehead atoms. The van der Waals surface area contributed by atoms with Crippen LogP contribution in [0.1, 0.15) is 6.92 Å². The number of nitrogens with two attached hydrogens (primary N) is 1. The van der Waals surface area contributed by atoms with Gasteiger partial charge in [0.05, 0.1) is 0 Å². The molecule has 0 unspecified atom stereocenters. The largest absolute Gasteiger partial charge is 0.376 e. The van der Waals surface area contributed by atoms with Crippen LogP contribution in [0.25, 0.3) is 0 Å². The first kappa shape index (κ1) is 8.33. The van der Waals surface area contributed by atoms with Gasteiger partial charge >= 0.3 is 0 Å². The van der Waals surface area contributed by atoms with E-state index in [4.69, 9.17) is 5.73 Å². The van der Waals surface area contributed by atoms with Crippen LogP contribution in [-0.2, 0) is 4.79 Å². The lowest BCUT2D eigenvalue weighted by Crippen LogP contribution is -2.29. The Balaban J connectivity index is 2.89. The molecule has 0 atom stereocenters. The summed E-state index contributed by atoms with van der Waals surface area (Å²) in [5.74, 6) is -0.413. The van der Waals surface area contributed by atoms with Crippen LogP contribution in [0, 0.1) is 0 Å². The molecule has 1 aliphatic rings. The maximum Gasteiger partial charge on any atom is 0.264 e. The average molecular weight is 217 g/mol. The van der Waals surface area contributed by atoms with Gasteiger partial charge in [0.1, 0.15) is 5.70 Å². The van der Waals surface area contributed by atoms with Gasteiger partial charge in [-0.05, 0) is 18.6 Å². The van der Waals surface area contributed by atoms with Gasteiger partial charge in [0.15, 0.2) is 0 Å². The molecule has 4 heteroatoms. The van der Waals surface area contributed by atoms with E-state index in [2.05, 4.69) is 21.2 Å². The third-order valence-corrected chi connectivity index (χ3v) is 2.39. The maximum atomic E-state index is 10.7. The minimum atomic E-state index is -0.413. The topological polar surface area (TPSA) is 55.1 Å². The van der Waals surface area contributed by atoms with Crippen LogP contribution in [-0.4, -0.2) is 12.5 Å². The highest BCUT2D eigenvalue weighted by molar-refractivity contribution is 9.11. The van der Waals surface area contributed by atoms with E-state index >= 15 is 0 Å². The lowest BCUT2D eigenvalue weighted by Gasteiger charge is -2.14. The number of primary amides is 1. The van der Waals surface area contributed by atoms with Gasteiger partial charge in [-0.2, -0.15) is 0 Å². The number of carbonyl (C=O) groups is 1. The number of dihydropyridines is 1. The quantitative estimate of drug-likeness (QED) is 0.676. The summed E-state index contributed by atoms with van der Waals surface area (Å²) in [7, 11) is 0. The lowest BCUT2D eigenvalue weighted by atomic mass is 10.2. The fourth-order valence-corrected chi connectivity index (χ4v) is 1.07. The molecule has 0 aromatic carbocycles. The molecule has 3 nitrogen and oxygen atoms in total. The Morgan fingerprint density at radius 2 is 2.45 bits per heavy atom. The lowest BCUT2D eigenvalue weighted by molar-refractivity contribution is -0.114. The Hall–Kier alpha value is -0.770. The van der Waals surface area contributed by atoms with Gasteiger partial charge in [0.25, 0.3) is 5.91 Å². The first-order chi connectivity index (χ1) is 5.11.